The van der Waals surface area contributed by atoms with Gasteiger partial charge in [-0.15, -0.1) is 0 Å². The third-order valence-electron chi connectivity index (χ3n) is 11.6. The van der Waals surface area contributed by atoms with Crippen molar-refractivity contribution >= 4 is 42.2 Å². The Morgan fingerprint density at radius 3 is 2.06 bits per heavy atom. The fraction of sp³-hybridized carbons (Fsp3) is 0.732. The first kappa shape index (κ1) is 47.0. The van der Waals surface area contributed by atoms with Crippen molar-refractivity contribution in [2.45, 2.75) is 136 Å². The molecular weight excluding hydrogens is 707 g/mol. The van der Waals surface area contributed by atoms with Crippen molar-refractivity contribution in [3.8, 4) is 0 Å². The SMILES string of the molecule is CC[C@H](C)[C@@H]([C@@H](CC(=O)N1CCC[C@H]1[C@H](C)[C@@H](C)C(=O)N[C@@H](Cc1ccccc1)C(=O)O)OC)N(C)C(=O)[C@@H](NC(=O)[C@H](C(C)C)N(C)C(C)S)C(C)C. The van der Waals surface area contributed by atoms with Crippen molar-refractivity contribution in [3.05, 3.63) is 35.9 Å². The lowest BCUT2D eigenvalue weighted by Gasteiger charge is -2.41. The Morgan fingerprint density at radius 2 is 1.56 bits per heavy atom. The topological polar surface area (TPSA) is 149 Å². The van der Waals surface area contributed by atoms with E-state index < -0.39 is 42.2 Å². The third kappa shape index (κ3) is 12.4. The molecule has 1 aliphatic heterocycles. The molecule has 0 radical (unpaired) electrons. The number of benzene rings is 1. The standard InChI is InChI=1S/C41H69N5O7S/c1-13-26(6)37(45(11)40(50)35(24(2)3)43-39(49)36(25(4)5)44(10)29(9)54)33(53-12)23-34(47)46-21-17-20-32(46)27(7)28(8)38(48)42-31(41(51)52)22-30-18-15-14-16-19-30/h14-16,18-19,24-29,31-33,35-37,54H,13,17,20-23H2,1-12H3,(H,42,48)(H,43,49)(H,51,52)/t26-,27+,28+,29?,31-,32-,33+,35-,36-,37-/m0/s1. The van der Waals surface area contributed by atoms with E-state index in [1.54, 1.807) is 26.0 Å². The van der Waals surface area contributed by atoms with Crippen LogP contribution in [-0.2, 0) is 35.1 Å². The summed E-state index contributed by atoms with van der Waals surface area (Å²) in [5, 5.41) is 15.5. The summed E-state index contributed by atoms with van der Waals surface area (Å²) in [4.78, 5) is 73.0. The number of rotatable bonds is 21. The zero-order valence-electron chi connectivity index (χ0n) is 34.7. The summed E-state index contributed by atoms with van der Waals surface area (Å²) in [6.07, 6.45) is 1.79. The van der Waals surface area contributed by atoms with E-state index in [-0.39, 0.29) is 71.6 Å². The molecule has 0 bridgehead atoms. The summed E-state index contributed by atoms with van der Waals surface area (Å²) in [5.74, 6) is -3.12. The molecule has 10 atom stereocenters. The number of ether oxygens (including phenoxy) is 1. The molecule has 1 saturated heterocycles. The lowest BCUT2D eigenvalue weighted by molar-refractivity contribution is -0.147. The number of nitrogens with one attached hydrogen (secondary N) is 2. The lowest BCUT2D eigenvalue weighted by atomic mass is 9.86. The molecule has 3 N–H and O–H groups in total. The van der Waals surface area contributed by atoms with Gasteiger partial charge in [-0.3, -0.25) is 24.1 Å². The van der Waals surface area contributed by atoms with Crippen molar-refractivity contribution in [1.82, 2.24) is 25.3 Å². The monoisotopic (exact) mass is 775 g/mol. The second-order valence-corrected chi connectivity index (χ2v) is 16.8. The quantitative estimate of drug-likeness (QED) is 0.104. The first-order valence-corrected chi connectivity index (χ1v) is 20.2. The molecule has 1 fully saturated rings. The average Bonchev–Trinajstić information content (AvgIpc) is 3.62. The number of carboxylic acids is 1. The predicted molar refractivity (Wildman–Crippen MR) is 216 cm³/mol. The van der Waals surface area contributed by atoms with Crippen molar-refractivity contribution in [2.24, 2.45) is 29.6 Å². The Balaban J connectivity index is 2.25. The zero-order valence-corrected chi connectivity index (χ0v) is 35.6. The molecule has 0 aliphatic carbocycles. The maximum absolute atomic E-state index is 14.3. The largest absolute Gasteiger partial charge is 0.480 e. The minimum absolute atomic E-state index is 0.0159. The molecule has 1 aliphatic rings. The molecule has 0 spiro atoms. The van der Waals surface area contributed by atoms with Gasteiger partial charge in [0.05, 0.1) is 30.0 Å². The highest BCUT2D eigenvalue weighted by molar-refractivity contribution is 7.80. The number of hydrogen-bond acceptors (Lipinski definition) is 8. The number of nitrogens with zero attached hydrogens (tertiary/aromatic N) is 3. The molecule has 54 heavy (non-hydrogen) atoms. The highest BCUT2D eigenvalue weighted by atomic mass is 32.1. The van der Waals surface area contributed by atoms with Gasteiger partial charge in [-0.05, 0) is 56.0 Å². The van der Waals surface area contributed by atoms with Gasteiger partial charge in [0.1, 0.15) is 12.1 Å². The summed E-state index contributed by atoms with van der Waals surface area (Å²) in [7, 11) is 5.13. The molecule has 13 heteroatoms. The number of methoxy groups -OCH3 is 1. The van der Waals surface area contributed by atoms with Crippen LogP contribution in [0.1, 0.15) is 93.6 Å². The molecule has 306 valence electrons. The van der Waals surface area contributed by atoms with E-state index in [0.29, 0.717) is 6.54 Å². The molecule has 2 rings (SSSR count). The van der Waals surface area contributed by atoms with Crippen molar-refractivity contribution < 1.29 is 33.8 Å². The number of hydrogen-bond donors (Lipinski definition) is 4. The van der Waals surface area contributed by atoms with Crippen LogP contribution in [0.5, 0.6) is 0 Å². The van der Waals surface area contributed by atoms with Crippen molar-refractivity contribution in [3.63, 3.8) is 0 Å². The van der Waals surface area contributed by atoms with Gasteiger partial charge in [0.2, 0.25) is 23.6 Å². The number of likely N-dealkylation sites (tertiary alicyclic amines) is 1. The normalized spacial score (nSPS) is 19.7. The van der Waals surface area contributed by atoms with Crippen LogP contribution in [0.25, 0.3) is 0 Å². The molecule has 0 saturated carbocycles. The minimum atomic E-state index is -1.10. The maximum atomic E-state index is 14.3. The smallest absolute Gasteiger partial charge is 0.326 e. The molecule has 1 aromatic carbocycles. The second kappa shape index (κ2) is 21.8. The van der Waals surface area contributed by atoms with Crippen LogP contribution in [0.15, 0.2) is 30.3 Å². The summed E-state index contributed by atoms with van der Waals surface area (Å²) < 4.78 is 6.02. The number of aliphatic carboxylic acids is 1. The fourth-order valence-electron chi connectivity index (χ4n) is 7.75. The summed E-state index contributed by atoms with van der Waals surface area (Å²) in [5.41, 5.74) is 0.810. The van der Waals surface area contributed by atoms with E-state index in [2.05, 4.69) is 23.3 Å². The van der Waals surface area contributed by atoms with Crippen LogP contribution in [0, 0.1) is 29.6 Å². The van der Waals surface area contributed by atoms with Gasteiger partial charge in [0, 0.05) is 39.1 Å². The molecule has 12 nitrogen and oxygen atoms in total. The Kier molecular flexibility index (Phi) is 19.0. The summed E-state index contributed by atoms with van der Waals surface area (Å²) >= 11 is 4.54. The number of likely N-dealkylation sites (N-methyl/N-ethyl adjacent to an activating group) is 2. The number of thiol groups is 1. The summed E-state index contributed by atoms with van der Waals surface area (Å²) in [6.45, 7) is 18.0. The van der Waals surface area contributed by atoms with Crippen LogP contribution in [-0.4, -0.2) is 119 Å². The average molecular weight is 776 g/mol. The highest BCUT2D eigenvalue weighted by Gasteiger charge is 2.42. The van der Waals surface area contributed by atoms with Crippen LogP contribution < -0.4 is 10.6 Å². The van der Waals surface area contributed by atoms with E-state index >= 15 is 0 Å². The number of amides is 4. The Bertz CT molecular complexity index is 1380. The second-order valence-electron chi connectivity index (χ2n) is 16.1. The van der Waals surface area contributed by atoms with Gasteiger partial charge in [0.15, 0.2) is 0 Å². The molecule has 1 aromatic rings. The predicted octanol–water partition coefficient (Wildman–Crippen LogP) is 4.71. The molecule has 0 aromatic heterocycles. The molecule has 4 amide bonds. The zero-order chi connectivity index (χ0) is 41.0. The number of carbonyl (C=O) groups excluding carboxylic acids is 4. The van der Waals surface area contributed by atoms with Gasteiger partial charge in [0.25, 0.3) is 0 Å². The molecular formula is C41H69N5O7S. The van der Waals surface area contributed by atoms with Crippen molar-refractivity contribution in [2.75, 3.05) is 27.7 Å². The van der Waals surface area contributed by atoms with Crippen LogP contribution in [0.2, 0.25) is 0 Å². The van der Waals surface area contributed by atoms with Gasteiger partial charge in [-0.1, -0.05) is 92.1 Å². The summed E-state index contributed by atoms with van der Waals surface area (Å²) in [6, 6.07) is 6.14. The number of carbonyl (C=O) groups is 5. The minimum Gasteiger partial charge on any atom is -0.480 e. The van der Waals surface area contributed by atoms with Crippen LogP contribution in [0.4, 0.5) is 0 Å². The maximum Gasteiger partial charge on any atom is 0.326 e. The van der Waals surface area contributed by atoms with Gasteiger partial charge >= 0.3 is 5.97 Å². The van der Waals surface area contributed by atoms with E-state index in [0.717, 1.165) is 24.8 Å². The van der Waals surface area contributed by atoms with Crippen LogP contribution in [0.3, 0.4) is 0 Å². The Hall–Kier alpha value is -3.16. The first-order valence-electron chi connectivity index (χ1n) is 19.6. The first-order chi connectivity index (χ1) is 25.3. The van der Waals surface area contributed by atoms with Gasteiger partial charge < -0.3 is 30.3 Å². The third-order valence-corrected chi connectivity index (χ3v) is 11.9. The molecule has 1 heterocycles. The fourth-order valence-corrected chi connectivity index (χ4v) is 7.90. The molecule has 1 unspecified atom stereocenters. The van der Waals surface area contributed by atoms with E-state index in [1.165, 1.54) is 0 Å². The number of carboxylic acid groups (broad SMARTS) is 1. The van der Waals surface area contributed by atoms with E-state index in [1.807, 2.05) is 103 Å². The highest BCUT2D eigenvalue weighted by Crippen LogP contribution is 2.31. The van der Waals surface area contributed by atoms with Crippen molar-refractivity contribution in [1.29, 1.82) is 0 Å². The Morgan fingerprint density at radius 1 is 0.944 bits per heavy atom. The van der Waals surface area contributed by atoms with Crippen LogP contribution >= 0.6 is 12.6 Å². The van der Waals surface area contributed by atoms with Gasteiger partial charge in [-0.2, -0.15) is 12.6 Å². The Labute approximate surface area is 329 Å². The van der Waals surface area contributed by atoms with E-state index in [4.69, 9.17) is 4.74 Å². The van der Waals surface area contributed by atoms with E-state index in [9.17, 15) is 29.1 Å². The van der Waals surface area contributed by atoms with Gasteiger partial charge in [-0.25, -0.2) is 4.79 Å². The lowest BCUT2D eigenvalue weighted by Crippen LogP contribution is -2.60.